The number of carbonyl (C=O) groups excluding carboxylic acids is 3. The van der Waals surface area contributed by atoms with E-state index in [0.717, 1.165) is 11.1 Å². The molecule has 0 saturated heterocycles. The van der Waals surface area contributed by atoms with Crippen molar-refractivity contribution in [2.24, 2.45) is 0 Å². The van der Waals surface area contributed by atoms with Crippen LogP contribution < -0.4 is 5.32 Å². The van der Waals surface area contributed by atoms with Crippen molar-refractivity contribution in [3.63, 3.8) is 0 Å². The van der Waals surface area contributed by atoms with Crippen LogP contribution in [0.15, 0.2) is 54.6 Å². The molecule has 0 heterocycles. The first-order valence-electron chi connectivity index (χ1n) is 8.11. The Morgan fingerprint density at radius 3 is 2.28 bits per heavy atom. The van der Waals surface area contributed by atoms with Crippen LogP contribution >= 0.6 is 0 Å². The van der Waals surface area contributed by atoms with Gasteiger partial charge in [0, 0.05) is 17.7 Å². The third kappa shape index (κ3) is 5.57. The lowest BCUT2D eigenvalue weighted by atomic mass is 10.0. The number of benzene rings is 2. The number of anilines is 1. The van der Waals surface area contributed by atoms with Crippen LogP contribution in [-0.4, -0.2) is 23.8 Å². The molecule has 5 heteroatoms. The Kier molecular flexibility index (Phi) is 6.46. The van der Waals surface area contributed by atoms with Crippen molar-refractivity contribution in [3.8, 4) is 11.1 Å². The number of Topliss-reactive ketones (excluding diaryl/α,β-unsaturated/α-hetero) is 1. The van der Waals surface area contributed by atoms with Gasteiger partial charge in [-0.15, -0.1) is 0 Å². The molecule has 0 aromatic heterocycles. The lowest BCUT2D eigenvalue weighted by Gasteiger charge is -2.15. The van der Waals surface area contributed by atoms with Gasteiger partial charge < -0.3 is 14.8 Å². The minimum absolute atomic E-state index is 0.0203. The molecule has 1 amide bonds. The Balaban J connectivity index is 2.03. The van der Waals surface area contributed by atoms with Gasteiger partial charge in [-0.3, -0.25) is 9.59 Å². The number of hydrogen-bond donors (Lipinski definition) is 1. The molecule has 0 aliphatic rings. The van der Waals surface area contributed by atoms with Gasteiger partial charge in [-0.05, 0) is 25.5 Å². The summed E-state index contributed by atoms with van der Waals surface area (Å²) < 4.78 is 5.08. The first kappa shape index (κ1) is 18.4. The van der Waals surface area contributed by atoms with E-state index in [2.05, 4.69) is 5.32 Å². The van der Waals surface area contributed by atoms with Crippen LogP contribution in [0.25, 0.3) is 11.1 Å². The lowest BCUT2D eigenvalue weighted by Crippen LogP contribution is -2.30. The van der Waals surface area contributed by atoms with Gasteiger partial charge in [-0.1, -0.05) is 48.5 Å². The van der Waals surface area contributed by atoms with Crippen LogP contribution in [0.4, 0.5) is 5.69 Å². The average molecular weight is 339 g/mol. The molecule has 1 N–H and O–H groups in total. The van der Waals surface area contributed by atoms with Crippen molar-refractivity contribution in [2.75, 3.05) is 5.32 Å². The first-order chi connectivity index (χ1) is 12.0. The summed E-state index contributed by atoms with van der Waals surface area (Å²) in [5.41, 5.74) is 2.50. The third-order valence-electron chi connectivity index (χ3n) is 3.63. The maximum absolute atomic E-state index is 12.3. The van der Waals surface area contributed by atoms with Crippen molar-refractivity contribution in [1.29, 1.82) is 0 Å². The molecule has 130 valence electrons. The quantitative estimate of drug-likeness (QED) is 0.783. The minimum Gasteiger partial charge on any atom is -0.453 e. The number of ether oxygens (including phenoxy) is 1. The SMILES string of the molecule is CC(=O)CCC(=O)O[C@H](C)C(=O)Nc1ccccc1-c1ccccc1. The zero-order chi connectivity index (χ0) is 18.2. The number of esters is 1. The Morgan fingerprint density at radius 2 is 1.60 bits per heavy atom. The van der Waals surface area contributed by atoms with Crippen LogP contribution in [0, 0.1) is 0 Å². The van der Waals surface area contributed by atoms with Crippen molar-refractivity contribution in [3.05, 3.63) is 54.6 Å². The number of rotatable bonds is 7. The van der Waals surface area contributed by atoms with E-state index in [0.29, 0.717) is 5.69 Å². The normalized spacial score (nSPS) is 11.4. The fourth-order valence-corrected chi connectivity index (χ4v) is 2.28. The first-order valence-corrected chi connectivity index (χ1v) is 8.11. The van der Waals surface area contributed by atoms with Crippen molar-refractivity contribution in [1.82, 2.24) is 0 Å². The molecule has 2 rings (SSSR count). The van der Waals surface area contributed by atoms with E-state index < -0.39 is 18.0 Å². The van der Waals surface area contributed by atoms with Gasteiger partial charge in [0.1, 0.15) is 5.78 Å². The number of amides is 1. The van der Waals surface area contributed by atoms with Crippen LogP contribution in [0.2, 0.25) is 0 Å². The second kappa shape index (κ2) is 8.78. The molecule has 0 radical (unpaired) electrons. The Hall–Kier alpha value is -2.95. The molecule has 0 unspecified atom stereocenters. The fraction of sp³-hybridized carbons (Fsp3) is 0.250. The molecular weight excluding hydrogens is 318 g/mol. The maximum Gasteiger partial charge on any atom is 0.307 e. The fourth-order valence-electron chi connectivity index (χ4n) is 2.28. The van der Waals surface area contributed by atoms with Gasteiger partial charge in [-0.2, -0.15) is 0 Å². The summed E-state index contributed by atoms with van der Waals surface area (Å²) in [4.78, 5) is 34.9. The molecule has 2 aromatic rings. The van der Waals surface area contributed by atoms with Gasteiger partial charge in [0.2, 0.25) is 0 Å². The molecule has 0 fully saturated rings. The topological polar surface area (TPSA) is 72.5 Å². The van der Waals surface area contributed by atoms with Gasteiger partial charge in [0.25, 0.3) is 5.91 Å². The summed E-state index contributed by atoms with van der Waals surface area (Å²) in [5.74, 6) is -1.07. The van der Waals surface area contributed by atoms with E-state index in [1.54, 1.807) is 6.07 Å². The molecule has 0 aliphatic heterocycles. The van der Waals surface area contributed by atoms with Gasteiger partial charge in [-0.25, -0.2) is 0 Å². The van der Waals surface area contributed by atoms with E-state index in [9.17, 15) is 14.4 Å². The number of ketones is 1. The van der Waals surface area contributed by atoms with E-state index in [4.69, 9.17) is 4.74 Å². The second-order valence-electron chi connectivity index (χ2n) is 5.73. The van der Waals surface area contributed by atoms with Crippen molar-refractivity contribution >= 4 is 23.3 Å². The molecule has 2 aromatic carbocycles. The van der Waals surface area contributed by atoms with Crippen LogP contribution in [0.3, 0.4) is 0 Å². The van der Waals surface area contributed by atoms with Crippen molar-refractivity contribution in [2.45, 2.75) is 32.8 Å². The Morgan fingerprint density at radius 1 is 0.960 bits per heavy atom. The highest BCUT2D eigenvalue weighted by Crippen LogP contribution is 2.27. The number of para-hydroxylation sites is 1. The molecule has 0 bridgehead atoms. The van der Waals surface area contributed by atoms with E-state index in [-0.39, 0.29) is 18.6 Å². The number of nitrogens with one attached hydrogen (secondary N) is 1. The smallest absolute Gasteiger partial charge is 0.307 e. The maximum atomic E-state index is 12.3. The largest absolute Gasteiger partial charge is 0.453 e. The highest BCUT2D eigenvalue weighted by atomic mass is 16.5. The lowest BCUT2D eigenvalue weighted by molar-refractivity contribution is -0.153. The molecule has 1 atom stereocenters. The highest BCUT2D eigenvalue weighted by Gasteiger charge is 2.19. The van der Waals surface area contributed by atoms with Gasteiger partial charge in [0.05, 0.1) is 6.42 Å². The molecule has 0 aliphatic carbocycles. The summed E-state index contributed by atoms with van der Waals surface area (Å²) in [5, 5.41) is 2.80. The molecule has 25 heavy (non-hydrogen) atoms. The standard InChI is InChI=1S/C20H21NO4/c1-14(22)12-13-19(23)25-15(2)20(24)21-18-11-7-6-10-17(18)16-8-4-3-5-9-16/h3-11,15H,12-13H2,1-2H3,(H,21,24)/t15-/m1/s1. The minimum atomic E-state index is -0.941. The van der Waals surface area contributed by atoms with Crippen molar-refractivity contribution < 1.29 is 19.1 Å². The van der Waals surface area contributed by atoms with Crippen LogP contribution in [-0.2, 0) is 19.1 Å². The third-order valence-corrected chi connectivity index (χ3v) is 3.63. The molecular formula is C20H21NO4. The second-order valence-corrected chi connectivity index (χ2v) is 5.73. The van der Waals surface area contributed by atoms with Gasteiger partial charge >= 0.3 is 5.97 Å². The zero-order valence-electron chi connectivity index (χ0n) is 14.3. The summed E-state index contributed by atoms with van der Waals surface area (Å²) in [6, 6.07) is 17.1. The highest BCUT2D eigenvalue weighted by molar-refractivity contribution is 5.98. The zero-order valence-corrected chi connectivity index (χ0v) is 14.3. The van der Waals surface area contributed by atoms with E-state index >= 15 is 0 Å². The Labute approximate surface area is 147 Å². The summed E-state index contributed by atoms with van der Waals surface area (Å²) in [6.07, 6.45) is -0.847. The van der Waals surface area contributed by atoms with Crippen LogP contribution in [0.5, 0.6) is 0 Å². The molecule has 0 spiro atoms. The molecule has 5 nitrogen and oxygen atoms in total. The average Bonchev–Trinajstić information content (AvgIpc) is 2.61. The predicted octanol–water partition coefficient (Wildman–Crippen LogP) is 3.59. The summed E-state index contributed by atoms with van der Waals surface area (Å²) in [6.45, 7) is 2.91. The Bertz CT molecular complexity index is 755. The summed E-state index contributed by atoms with van der Waals surface area (Å²) >= 11 is 0. The number of carbonyl (C=O) groups is 3. The van der Waals surface area contributed by atoms with E-state index in [1.807, 2.05) is 48.5 Å². The predicted molar refractivity (Wildman–Crippen MR) is 96.0 cm³/mol. The monoisotopic (exact) mass is 339 g/mol. The summed E-state index contributed by atoms with van der Waals surface area (Å²) in [7, 11) is 0. The van der Waals surface area contributed by atoms with E-state index in [1.165, 1.54) is 13.8 Å². The number of hydrogen-bond acceptors (Lipinski definition) is 4. The molecule has 0 saturated carbocycles. The van der Waals surface area contributed by atoms with Crippen LogP contribution in [0.1, 0.15) is 26.7 Å². The van der Waals surface area contributed by atoms with Gasteiger partial charge in [0.15, 0.2) is 6.10 Å².